The minimum Gasteiger partial charge on any atom is -0.457 e. The van der Waals surface area contributed by atoms with Crippen LogP contribution in [0.1, 0.15) is 12.0 Å². The molecule has 0 spiro atoms. The lowest BCUT2D eigenvalue weighted by molar-refractivity contribution is -0.121. The predicted octanol–water partition coefficient (Wildman–Crippen LogP) is 1.76. The number of rotatable bonds is 3. The first kappa shape index (κ1) is 9.93. The van der Waals surface area contributed by atoms with Crippen molar-refractivity contribution in [3.8, 4) is 0 Å². The van der Waals surface area contributed by atoms with Gasteiger partial charge in [-0.05, 0) is 40.5 Å². The zero-order valence-corrected chi connectivity index (χ0v) is 9.34. The fourth-order valence-electron chi connectivity index (χ4n) is 1.71. The third-order valence-electron chi connectivity index (χ3n) is 2.52. The van der Waals surface area contributed by atoms with Crippen molar-refractivity contribution in [3.05, 3.63) is 22.6 Å². The Morgan fingerprint density at radius 3 is 3.14 bits per heavy atom. The summed E-state index contributed by atoms with van der Waals surface area (Å²) >= 11 is 3.22. The molecule has 1 aliphatic rings. The average Bonchev–Trinajstić information content (AvgIpc) is 2.75. The largest absolute Gasteiger partial charge is 0.457 e. The summed E-state index contributed by atoms with van der Waals surface area (Å²) in [4.78, 5) is 11.7. The number of hydrogen-bond donors (Lipinski definition) is 1. The van der Waals surface area contributed by atoms with Gasteiger partial charge in [0.1, 0.15) is 5.78 Å². The normalized spacial score (nSPS) is 21.4. The van der Waals surface area contributed by atoms with Crippen molar-refractivity contribution in [1.29, 1.82) is 0 Å². The molecule has 1 N–H and O–H groups in total. The van der Waals surface area contributed by atoms with Gasteiger partial charge in [0, 0.05) is 18.9 Å². The molecular formula is C10H12BrNO2. The first-order chi connectivity index (χ1) is 6.75. The van der Waals surface area contributed by atoms with Crippen LogP contribution in [0.15, 0.2) is 21.4 Å². The lowest BCUT2D eigenvalue weighted by Gasteiger charge is -2.04. The number of Topliss-reactive ketones (excluding diaryl/α,β-unsaturated/α-hetero) is 1. The maximum atomic E-state index is 11.7. The number of furan rings is 1. The number of halogens is 1. The van der Waals surface area contributed by atoms with Crippen molar-refractivity contribution >= 4 is 21.7 Å². The van der Waals surface area contributed by atoms with E-state index in [4.69, 9.17) is 4.42 Å². The molecule has 0 aromatic carbocycles. The van der Waals surface area contributed by atoms with E-state index in [2.05, 4.69) is 21.2 Å². The first-order valence-electron chi connectivity index (χ1n) is 4.72. The second-order valence-corrected chi connectivity index (χ2v) is 4.37. The number of hydrogen-bond acceptors (Lipinski definition) is 3. The Bertz CT molecular complexity index is 329. The van der Waals surface area contributed by atoms with Gasteiger partial charge in [-0.3, -0.25) is 4.79 Å². The molecule has 0 radical (unpaired) electrons. The van der Waals surface area contributed by atoms with Crippen molar-refractivity contribution in [2.24, 2.45) is 5.92 Å². The van der Waals surface area contributed by atoms with E-state index in [1.54, 1.807) is 6.26 Å². The maximum Gasteiger partial charge on any atom is 0.169 e. The highest BCUT2D eigenvalue weighted by Crippen LogP contribution is 2.17. The molecule has 0 saturated carbocycles. The van der Waals surface area contributed by atoms with E-state index in [9.17, 15) is 4.79 Å². The van der Waals surface area contributed by atoms with Gasteiger partial charge in [0.05, 0.1) is 6.26 Å². The molecule has 4 heteroatoms. The number of carbonyl (C=O) groups excluding carboxylic acids is 1. The lowest BCUT2D eigenvalue weighted by atomic mass is 9.99. The van der Waals surface area contributed by atoms with Crippen LogP contribution in [0.3, 0.4) is 0 Å². The van der Waals surface area contributed by atoms with Crippen molar-refractivity contribution in [2.75, 3.05) is 13.1 Å². The van der Waals surface area contributed by atoms with Crippen molar-refractivity contribution in [3.63, 3.8) is 0 Å². The van der Waals surface area contributed by atoms with Crippen LogP contribution in [0, 0.1) is 5.92 Å². The summed E-state index contributed by atoms with van der Waals surface area (Å²) in [6, 6.07) is 1.85. The number of ketones is 1. The van der Waals surface area contributed by atoms with Crippen LogP contribution >= 0.6 is 15.9 Å². The van der Waals surface area contributed by atoms with Crippen LogP contribution in [-0.4, -0.2) is 18.9 Å². The molecule has 14 heavy (non-hydrogen) atoms. The summed E-state index contributed by atoms with van der Waals surface area (Å²) in [5, 5.41) is 3.19. The van der Waals surface area contributed by atoms with Gasteiger partial charge in [-0.25, -0.2) is 0 Å². The topological polar surface area (TPSA) is 42.2 Å². The zero-order valence-electron chi connectivity index (χ0n) is 7.75. The molecule has 1 atom stereocenters. The van der Waals surface area contributed by atoms with Crippen LogP contribution in [0.2, 0.25) is 0 Å². The zero-order chi connectivity index (χ0) is 9.97. The van der Waals surface area contributed by atoms with Gasteiger partial charge in [0.2, 0.25) is 0 Å². The van der Waals surface area contributed by atoms with E-state index in [0.29, 0.717) is 16.9 Å². The predicted molar refractivity (Wildman–Crippen MR) is 56.1 cm³/mol. The smallest absolute Gasteiger partial charge is 0.169 e. The highest BCUT2D eigenvalue weighted by molar-refractivity contribution is 9.10. The van der Waals surface area contributed by atoms with Gasteiger partial charge in [-0.15, -0.1) is 0 Å². The molecule has 3 nitrogen and oxygen atoms in total. The van der Waals surface area contributed by atoms with Gasteiger partial charge in [0.25, 0.3) is 0 Å². The Kier molecular flexibility index (Phi) is 3.03. The molecule has 0 aliphatic carbocycles. The third-order valence-corrected chi connectivity index (χ3v) is 2.93. The SMILES string of the molecule is O=C(Cc1coc(Br)c1)C1CCNC1. The van der Waals surface area contributed by atoms with Crippen molar-refractivity contribution in [1.82, 2.24) is 5.32 Å². The number of nitrogens with one attached hydrogen (secondary N) is 1. The van der Waals surface area contributed by atoms with Crippen LogP contribution in [-0.2, 0) is 11.2 Å². The minimum absolute atomic E-state index is 0.198. The van der Waals surface area contributed by atoms with Crippen LogP contribution in [0.25, 0.3) is 0 Å². The molecule has 1 aliphatic heterocycles. The maximum absolute atomic E-state index is 11.7. The lowest BCUT2D eigenvalue weighted by Crippen LogP contribution is -2.19. The Balaban J connectivity index is 1.93. The van der Waals surface area contributed by atoms with Gasteiger partial charge < -0.3 is 9.73 Å². The highest BCUT2D eigenvalue weighted by Gasteiger charge is 2.22. The first-order valence-corrected chi connectivity index (χ1v) is 5.51. The molecule has 1 unspecified atom stereocenters. The third kappa shape index (κ3) is 2.25. The van der Waals surface area contributed by atoms with Gasteiger partial charge >= 0.3 is 0 Å². The second-order valence-electron chi connectivity index (χ2n) is 3.59. The molecule has 2 heterocycles. The summed E-state index contributed by atoms with van der Waals surface area (Å²) < 4.78 is 5.76. The van der Waals surface area contributed by atoms with E-state index in [0.717, 1.165) is 25.1 Å². The summed E-state index contributed by atoms with van der Waals surface area (Å²) in [7, 11) is 0. The summed E-state index contributed by atoms with van der Waals surface area (Å²) in [5.74, 6) is 0.506. The fourth-order valence-corrected chi connectivity index (χ4v) is 2.10. The molecule has 0 amide bonds. The Hall–Kier alpha value is -0.610. The number of carbonyl (C=O) groups is 1. The molecule has 1 fully saturated rings. The average molecular weight is 258 g/mol. The van der Waals surface area contributed by atoms with Crippen LogP contribution in [0.4, 0.5) is 0 Å². The van der Waals surface area contributed by atoms with E-state index in [1.807, 2.05) is 6.07 Å². The molecule has 0 bridgehead atoms. The monoisotopic (exact) mass is 257 g/mol. The quantitative estimate of drug-likeness (QED) is 0.898. The summed E-state index contributed by atoms with van der Waals surface area (Å²) in [6.45, 7) is 1.79. The van der Waals surface area contributed by atoms with Crippen molar-refractivity contribution in [2.45, 2.75) is 12.8 Å². The Labute approximate surface area is 91.0 Å². The molecule has 76 valence electrons. The molecular weight excluding hydrogens is 246 g/mol. The van der Waals surface area contributed by atoms with E-state index < -0.39 is 0 Å². The van der Waals surface area contributed by atoms with Crippen LogP contribution in [0.5, 0.6) is 0 Å². The molecule has 2 rings (SSSR count). The fraction of sp³-hybridized carbons (Fsp3) is 0.500. The van der Waals surface area contributed by atoms with E-state index in [1.165, 1.54) is 0 Å². The molecule has 1 aromatic rings. The molecule has 1 aromatic heterocycles. The minimum atomic E-state index is 0.198. The Morgan fingerprint density at radius 2 is 2.57 bits per heavy atom. The van der Waals surface area contributed by atoms with Gasteiger partial charge in [-0.1, -0.05) is 0 Å². The Morgan fingerprint density at radius 1 is 1.71 bits per heavy atom. The second kappa shape index (κ2) is 4.28. The standard InChI is InChI=1S/C10H12BrNO2/c11-10-4-7(6-14-10)3-9(13)8-1-2-12-5-8/h4,6,8,12H,1-3,5H2. The van der Waals surface area contributed by atoms with Crippen LogP contribution < -0.4 is 5.32 Å². The van der Waals surface area contributed by atoms with Gasteiger partial charge in [0.15, 0.2) is 4.67 Å². The van der Waals surface area contributed by atoms with Crippen molar-refractivity contribution < 1.29 is 9.21 Å². The highest BCUT2D eigenvalue weighted by atomic mass is 79.9. The van der Waals surface area contributed by atoms with Gasteiger partial charge in [-0.2, -0.15) is 0 Å². The molecule has 1 saturated heterocycles. The summed E-state index contributed by atoms with van der Waals surface area (Å²) in [5.41, 5.74) is 0.953. The summed E-state index contributed by atoms with van der Waals surface area (Å²) in [6.07, 6.45) is 3.09. The van der Waals surface area contributed by atoms with E-state index >= 15 is 0 Å². The van der Waals surface area contributed by atoms with E-state index in [-0.39, 0.29) is 5.92 Å².